The van der Waals surface area contributed by atoms with Crippen molar-refractivity contribution in [3.8, 4) is 6.07 Å². The molecule has 0 aromatic heterocycles. The fourth-order valence-corrected chi connectivity index (χ4v) is 1.99. The van der Waals surface area contributed by atoms with E-state index in [0.717, 1.165) is 5.69 Å². The SMILES string of the molecule is N#Cc1ccc(N(CCCl)CCCl)cc1Cl. The standard InChI is InChI=1S/C11H11Cl3N2/c12-3-5-16(6-4-13)10-2-1-9(8-15)11(14)7-10/h1-2,7H,3-6H2. The molecule has 0 radical (unpaired) electrons. The maximum atomic E-state index is 8.76. The van der Waals surface area contributed by atoms with Gasteiger partial charge in [0.2, 0.25) is 0 Å². The second-order valence-corrected chi connectivity index (χ2v) is 4.30. The third-order valence-corrected chi connectivity index (χ3v) is 2.80. The Balaban J connectivity index is 2.93. The van der Waals surface area contributed by atoms with Crippen LogP contribution in [0.3, 0.4) is 0 Å². The Labute approximate surface area is 110 Å². The molecule has 0 spiro atoms. The van der Waals surface area contributed by atoms with Gasteiger partial charge >= 0.3 is 0 Å². The van der Waals surface area contributed by atoms with Gasteiger partial charge in [-0.1, -0.05) is 11.6 Å². The first-order chi connectivity index (χ1) is 7.72. The van der Waals surface area contributed by atoms with Crippen molar-refractivity contribution in [1.29, 1.82) is 5.26 Å². The number of rotatable bonds is 5. The van der Waals surface area contributed by atoms with E-state index in [1.807, 2.05) is 17.0 Å². The second-order valence-electron chi connectivity index (χ2n) is 3.14. The molecule has 86 valence electrons. The van der Waals surface area contributed by atoms with Crippen LogP contribution in [0, 0.1) is 11.3 Å². The Morgan fingerprint density at radius 3 is 2.25 bits per heavy atom. The molecule has 0 saturated heterocycles. The molecule has 0 unspecified atom stereocenters. The molecular formula is C11H11Cl3N2. The zero-order chi connectivity index (χ0) is 12.0. The van der Waals surface area contributed by atoms with Gasteiger partial charge in [-0.15, -0.1) is 23.2 Å². The number of nitrogens with zero attached hydrogens (tertiary/aromatic N) is 2. The summed E-state index contributed by atoms with van der Waals surface area (Å²) in [5.41, 5.74) is 1.41. The van der Waals surface area contributed by atoms with Gasteiger partial charge in [-0.25, -0.2) is 0 Å². The van der Waals surface area contributed by atoms with Crippen LogP contribution in [0.25, 0.3) is 0 Å². The van der Waals surface area contributed by atoms with Crippen molar-refractivity contribution < 1.29 is 0 Å². The lowest BCUT2D eigenvalue weighted by atomic mass is 10.2. The zero-order valence-electron chi connectivity index (χ0n) is 8.59. The van der Waals surface area contributed by atoms with Crippen molar-refractivity contribution in [1.82, 2.24) is 0 Å². The quantitative estimate of drug-likeness (QED) is 0.770. The molecule has 0 atom stereocenters. The van der Waals surface area contributed by atoms with E-state index in [1.54, 1.807) is 12.1 Å². The molecular weight excluding hydrogens is 266 g/mol. The molecule has 0 heterocycles. The molecule has 0 fully saturated rings. The summed E-state index contributed by atoms with van der Waals surface area (Å²) in [6.45, 7) is 1.41. The highest BCUT2D eigenvalue weighted by molar-refractivity contribution is 6.32. The van der Waals surface area contributed by atoms with Crippen LogP contribution in [0.5, 0.6) is 0 Å². The Morgan fingerprint density at radius 2 is 1.81 bits per heavy atom. The fourth-order valence-electron chi connectivity index (χ4n) is 1.37. The van der Waals surface area contributed by atoms with E-state index in [1.165, 1.54) is 0 Å². The number of alkyl halides is 2. The van der Waals surface area contributed by atoms with Gasteiger partial charge in [0.1, 0.15) is 6.07 Å². The van der Waals surface area contributed by atoms with E-state index in [4.69, 9.17) is 40.1 Å². The molecule has 0 amide bonds. The maximum Gasteiger partial charge on any atom is 0.101 e. The average Bonchev–Trinajstić information content (AvgIpc) is 2.28. The van der Waals surface area contributed by atoms with Gasteiger partial charge in [-0.3, -0.25) is 0 Å². The highest BCUT2D eigenvalue weighted by Crippen LogP contribution is 2.23. The molecule has 0 saturated carbocycles. The van der Waals surface area contributed by atoms with Crippen LogP contribution >= 0.6 is 34.8 Å². The lowest BCUT2D eigenvalue weighted by Gasteiger charge is -2.23. The molecule has 0 aliphatic carbocycles. The fraction of sp³-hybridized carbons (Fsp3) is 0.364. The molecule has 0 bridgehead atoms. The number of benzene rings is 1. The summed E-state index contributed by atoms with van der Waals surface area (Å²) in [6.07, 6.45) is 0. The predicted molar refractivity (Wildman–Crippen MR) is 69.8 cm³/mol. The van der Waals surface area contributed by atoms with Crippen molar-refractivity contribution in [2.75, 3.05) is 29.7 Å². The van der Waals surface area contributed by atoms with Gasteiger partial charge in [0.05, 0.1) is 10.6 Å². The molecule has 5 heteroatoms. The van der Waals surface area contributed by atoms with Gasteiger partial charge in [-0.2, -0.15) is 5.26 Å². The molecule has 2 nitrogen and oxygen atoms in total. The normalized spacial score (nSPS) is 9.88. The Hall–Kier alpha value is -0.620. The van der Waals surface area contributed by atoms with Gasteiger partial charge < -0.3 is 4.90 Å². The summed E-state index contributed by atoms with van der Waals surface area (Å²) in [5.74, 6) is 1.04. The molecule has 1 aromatic rings. The van der Waals surface area contributed by atoms with Crippen LogP contribution in [0.2, 0.25) is 5.02 Å². The average molecular weight is 278 g/mol. The summed E-state index contributed by atoms with van der Waals surface area (Å²) >= 11 is 17.4. The summed E-state index contributed by atoms with van der Waals surface area (Å²) < 4.78 is 0. The number of anilines is 1. The highest BCUT2D eigenvalue weighted by atomic mass is 35.5. The number of halogens is 3. The van der Waals surface area contributed by atoms with Crippen LogP contribution in [0.15, 0.2) is 18.2 Å². The third kappa shape index (κ3) is 3.45. The molecule has 1 rings (SSSR count). The Morgan fingerprint density at radius 1 is 1.19 bits per heavy atom. The van der Waals surface area contributed by atoms with E-state index >= 15 is 0 Å². The molecule has 0 aliphatic rings. The minimum absolute atomic E-state index is 0.453. The van der Waals surface area contributed by atoms with Gasteiger partial charge in [0.25, 0.3) is 0 Å². The van der Waals surface area contributed by atoms with Crippen molar-refractivity contribution >= 4 is 40.5 Å². The van der Waals surface area contributed by atoms with Crippen molar-refractivity contribution in [3.63, 3.8) is 0 Å². The Bertz CT molecular complexity index is 381. The largest absolute Gasteiger partial charge is 0.369 e. The molecule has 16 heavy (non-hydrogen) atoms. The first-order valence-electron chi connectivity index (χ1n) is 4.79. The first kappa shape index (κ1) is 13.4. The maximum absolute atomic E-state index is 8.76. The van der Waals surface area contributed by atoms with Crippen LogP contribution < -0.4 is 4.90 Å². The monoisotopic (exact) mass is 276 g/mol. The number of hydrogen-bond acceptors (Lipinski definition) is 2. The summed E-state index contributed by atoms with van der Waals surface area (Å²) in [6, 6.07) is 7.34. The zero-order valence-corrected chi connectivity index (χ0v) is 10.9. The lowest BCUT2D eigenvalue weighted by molar-refractivity contribution is 0.874. The second kappa shape index (κ2) is 6.85. The van der Waals surface area contributed by atoms with E-state index in [0.29, 0.717) is 35.4 Å². The smallest absolute Gasteiger partial charge is 0.101 e. The van der Waals surface area contributed by atoms with Gasteiger partial charge in [0.15, 0.2) is 0 Å². The van der Waals surface area contributed by atoms with Crippen LogP contribution in [-0.2, 0) is 0 Å². The van der Waals surface area contributed by atoms with E-state index in [-0.39, 0.29) is 0 Å². The van der Waals surface area contributed by atoms with E-state index in [2.05, 4.69) is 0 Å². The van der Waals surface area contributed by atoms with Crippen LogP contribution in [0.1, 0.15) is 5.56 Å². The lowest BCUT2D eigenvalue weighted by Crippen LogP contribution is -2.27. The topological polar surface area (TPSA) is 27.0 Å². The summed E-state index contributed by atoms with van der Waals surface area (Å²) in [4.78, 5) is 2.03. The van der Waals surface area contributed by atoms with Crippen LogP contribution in [-0.4, -0.2) is 24.8 Å². The summed E-state index contributed by atoms with van der Waals surface area (Å²) in [7, 11) is 0. The minimum atomic E-state index is 0.453. The number of nitriles is 1. The van der Waals surface area contributed by atoms with E-state index in [9.17, 15) is 0 Å². The van der Waals surface area contributed by atoms with E-state index < -0.39 is 0 Å². The molecule has 0 aliphatic heterocycles. The third-order valence-electron chi connectivity index (χ3n) is 2.15. The minimum Gasteiger partial charge on any atom is -0.369 e. The number of hydrogen-bond donors (Lipinski definition) is 0. The predicted octanol–water partition coefficient (Wildman–Crippen LogP) is 3.50. The van der Waals surface area contributed by atoms with Gasteiger partial charge in [0, 0.05) is 30.5 Å². The van der Waals surface area contributed by atoms with Crippen molar-refractivity contribution in [2.45, 2.75) is 0 Å². The van der Waals surface area contributed by atoms with Gasteiger partial charge in [-0.05, 0) is 18.2 Å². The van der Waals surface area contributed by atoms with Crippen LogP contribution in [0.4, 0.5) is 5.69 Å². The first-order valence-corrected chi connectivity index (χ1v) is 6.24. The summed E-state index contributed by atoms with van der Waals surface area (Å²) in [5, 5.41) is 9.22. The molecule has 0 N–H and O–H groups in total. The van der Waals surface area contributed by atoms with Crippen molar-refractivity contribution in [3.05, 3.63) is 28.8 Å². The van der Waals surface area contributed by atoms with Crippen molar-refractivity contribution in [2.24, 2.45) is 0 Å². The highest BCUT2D eigenvalue weighted by Gasteiger charge is 2.07. The molecule has 1 aromatic carbocycles. The Kier molecular flexibility index (Phi) is 5.76.